The van der Waals surface area contributed by atoms with Gasteiger partial charge in [-0.1, -0.05) is 28.1 Å². The molecule has 2 aromatic carbocycles. The van der Waals surface area contributed by atoms with Crippen LogP contribution in [0.5, 0.6) is 0 Å². The molecule has 0 spiro atoms. The van der Waals surface area contributed by atoms with Gasteiger partial charge in [-0.2, -0.15) is 0 Å². The predicted molar refractivity (Wildman–Crippen MR) is 89.3 cm³/mol. The molecule has 106 valence electrons. The summed E-state index contributed by atoms with van der Waals surface area (Å²) in [5.41, 5.74) is 1.31. The first kappa shape index (κ1) is 14.3. The molecule has 1 aromatic heterocycles. The predicted octanol–water partition coefficient (Wildman–Crippen LogP) is 4.45. The van der Waals surface area contributed by atoms with E-state index in [0.717, 1.165) is 10.2 Å². The highest BCUT2D eigenvalue weighted by Gasteiger charge is 2.15. The van der Waals surface area contributed by atoms with Gasteiger partial charge in [0.2, 0.25) is 0 Å². The van der Waals surface area contributed by atoms with Crippen LogP contribution in [0.4, 0.5) is 0 Å². The SMILES string of the molecule is CC(Cl)c1nc2ccccc2c(=O)n1-c1ccc(Br)cc1. The summed E-state index contributed by atoms with van der Waals surface area (Å²) in [4.78, 5) is 17.3. The molecule has 0 radical (unpaired) electrons. The first-order valence-corrected chi connectivity index (χ1v) is 7.72. The molecule has 1 heterocycles. The molecular weight excluding hydrogens is 352 g/mol. The normalized spacial score (nSPS) is 12.5. The molecule has 1 atom stereocenters. The number of aromatic nitrogens is 2. The maximum Gasteiger partial charge on any atom is 0.266 e. The minimum absolute atomic E-state index is 0.106. The second-order valence-electron chi connectivity index (χ2n) is 4.72. The van der Waals surface area contributed by atoms with Crippen molar-refractivity contribution in [3.8, 4) is 5.69 Å². The van der Waals surface area contributed by atoms with E-state index in [-0.39, 0.29) is 10.9 Å². The fourth-order valence-corrected chi connectivity index (χ4v) is 2.67. The second-order valence-corrected chi connectivity index (χ2v) is 6.29. The molecule has 0 N–H and O–H groups in total. The smallest absolute Gasteiger partial charge is 0.266 e. The Bertz CT molecular complexity index is 856. The van der Waals surface area contributed by atoms with Crippen molar-refractivity contribution < 1.29 is 0 Å². The van der Waals surface area contributed by atoms with Crippen LogP contribution in [0.2, 0.25) is 0 Å². The van der Waals surface area contributed by atoms with Crippen molar-refractivity contribution in [1.29, 1.82) is 0 Å². The van der Waals surface area contributed by atoms with Crippen molar-refractivity contribution in [1.82, 2.24) is 9.55 Å². The Balaban J connectivity index is 2.39. The van der Waals surface area contributed by atoms with E-state index in [1.807, 2.05) is 49.4 Å². The topological polar surface area (TPSA) is 34.9 Å². The van der Waals surface area contributed by atoms with Crippen molar-refractivity contribution in [2.45, 2.75) is 12.3 Å². The largest absolute Gasteiger partial charge is 0.268 e. The second kappa shape index (κ2) is 5.62. The Morgan fingerprint density at radius 1 is 1.14 bits per heavy atom. The summed E-state index contributed by atoms with van der Waals surface area (Å²) >= 11 is 9.63. The van der Waals surface area contributed by atoms with Crippen LogP contribution in [0.1, 0.15) is 18.1 Å². The number of halogens is 2. The van der Waals surface area contributed by atoms with Gasteiger partial charge in [-0.15, -0.1) is 11.6 Å². The van der Waals surface area contributed by atoms with Crippen molar-refractivity contribution in [3.63, 3.8) is 0 Å². The van der Waals surface area contributed by atoms with E-state index in [9.17, 15) is 4.79 Å². The third-order valence-electron chi connectivity index (χ3n) is 3.24. The lowest BCUT2D eigenvalue weighted by molar-refractivity contribution is 0.815. The Hall–Kier alpha value is -1.65. The summed E-state index contributed by atoms with van der Waals surface area (Å²) in [6.45, 7) is 1.81. The number of fused-ring (bicyclic) bond motifs is 1. The maximum absolute atomic E-state index is 12.8. The molecule has 21 heavy (non-hydrogen) atoms. The molecule has 0 saturated heterocycles. The summed E-state index contributed by atoms with van der Waals surface area (Å²) in [5, 5.41) is 0.215. The molecule has 0 fully saturated rings. The van der Waals surface area contributed by atoms with Gasteiger partial charge in [-0.3, -0.25) is 9.36 Å². The third-order valence-corrected chi connectivity index (χ3v) is 3.97. The molecule has 0 aliphatic carbocycles. The van der Waals surface area contributed by atoms with Gasteiger partial charge in [0.05, 0.1) is 22.0 Å². The summed E-state index contributed by atoms with van der Waals surface area (Å²) < 4.78 is 2.53. The fraction of sp³-hybridized carbons (Fsp3) is 0.125. The van der Waals surface area contributed by atoms with Crippen LogP contribution in [0.3, 0.4) is 0 Å². The van der Waals surface area contributed by atoms with Crippen LogP contribution >= 0.6 is 27.5 Å². The van der Waals surface area contributed by atoms with E-state index < -0.39 is 0 Å². The minimum Gasteiger partial charge on any atom is -0.268 e. The average molecular weight is 364 g/mol. The molecule has 0 aliphatic heterocycles. The Kier molecular flexibility index (Phi) is 3.83. The molecule has 0 aliphatic rings. The number of para-hydroxylation sites is 1. The number of benzene rings is 2. The van der Waals surface area contributed by atoms with Gasteiger partial charge in [0.25, 0.3) is 5.56 Å². The van der Waals surface area contributed by atoms with Gasteiger partial charge in [0, 0.05) is 4.47 Å². The highest BCUT2D eigenvalue weighted by molar-refractivity contribution is 9.10. The molecule has 3 nitrogen and oxygen atoms in total. The first-order chi connectivity index (χ1) is 10.1. The Labute approximate surface area is 135 Å². The number of rotatable bonds is 2. The molecule has 5 heteroatoms. The van der Waals surface area contributed by atoms with Crippen LogP contribution in [0.25, 0.3) is 16.6 Å². The summed E-state index contributed by atoms with van der Waals surface area (Å²) in [5.74, 6) is 0.544. The number of nitrogens with zero attached hydrogens (tertiary/aromatic N) is 2. The van der Waals surface area contributed by atoms with Gasteiger partial charge in [0.1, 0.15) is 5.82 Å². The molecule has 3 aromatic rings. The molecule has 0 amide bonds. The monoisotopic (exact) mass is 362 g/mol. The van der Waals surface area contributed by atoms with Crippen molar-refractivity contribution >= 4 is 38.4 Å². The highest BCUT2D eigenvalue weighted by atomic mass is 79.9. The van der Waals surface area contributed by atoms with E-state index in [1.165, 1.54) is 0 Å². The molecule has 0 bridgehead atoms. The van der Waals surface area contributed by atoms with E-state index in [1.54, 1.807) is 10.6 Å². The molecular formula is C16H12BrClN2O. The lowest BCUT2D eigenvalue weighted by Crippen LogP contribution is -2.24. The number of alkyl halides is 1. The van der Waals surface area contributed by atoms with Crippen molar-refractivity contribution in [2.75, 3.05) is 0 Å². The van der Waals surface area contributed by atoms with Gasteiger partial charge in [-0.25, -0.2) is 4.98 Å². The van der Waals surface area contributed by atoms with Crippen LogP contribution < -0.4 is 5.56 Å². The molecule has 3 rings (SSSR count). The van der Waals surface area contributed by atoms with Gasteiger partial charge in [0.15, 0.2) is 0 Å². The summed E-state index contributed by atoms with van der Waals surface area (Å²) in [7, 11) is 0. The van der Waals surface area contributed by atoms with Gasteiger partial charge in [-0.05, 0) is 43.3 Å². The van der Waals surface area contributed by atoms with Gasteiger partial charge >= 0.3 is 0 Å². The fourth-order valence-electron chi connectivity index (χ4n) is 2.26. The third kappa shape index (κ3) is 2.61. The van der Waals surface area contributed by atoms with Crippen LogP contribution in [0.15, 0.2) is 57.8 Å². The number of hydrogen-bond donors (Lipinski definition) is 0. The first-order valence-electron chi connectivity index (χ1n) is 6.49. The van der Waals surface area contributed by atoms with Gasteiger partial charge < -0.3 is 0 Å². The zero-order valence-corrected chi connectivity index (χ0v) is 13.6. The zero-order chi connectivity index (χ0) is 15.0. The average Bonchev–Trinajstić information content (AvgIpc) is 2.48. The van der Waals surface area contributed by atoms with Crippen molar-refractivity contribution in [2.24, 2.45) is 0 Å². The minimum atomic E-state index is -0.369. The number of hydrogen-bond acceptors (Lipinski definition) is 2. The Morgan fingerprint density at radius 2 is 1.81 bits per heavy atom. The standard InChI is InChI=1S/C16H12BrClN2O/c1-10(18)15-19-14-5-3-2-4-13(14)16(21)20(15)12-8-6-11(17)7-9-12/h2-10H,1H3. The summed E-state index contributed by atoms with van der Waals surface area (Å²) in [6.07, 6.45) is 0. The van der Waals surface area contributed by atoms with Crippen LogP contribution in [-0.2, 0) is 0 Å². The maximum atomic E-state index is 12.8. The van der Waals surface area contributed by atoms with E-state index in [4.69, 9.17) is 11.6 Å². The molecule has 1 unspecified atom stereocenters. The van der Waals surface area contributed by atoms with E-state index in [2.05, 4.69) is 20.9 Å². The highest BCUT2D eigenvalue weighted by Crippen LogP contribution is 2.22. The zero-order valence-electron chi connectivity index (χ0n) is 11.3. The van der Waals surface area contributed by atoms with E-state index >= 15 is 0 Å². The van der Waals surface area contributed by atoms with Crippen LogP contribution in [-0.4, -0.2) is 9.55 Å². The van der Waals surface area contributed by atoms with Crippen molar-refractivity contribution in [3.05, 3.63) is 69.2 Å². The summed E-state index contributed by atoms with van der Waals surface area (Å²) in [6, 6.07) is 14.8. The lowest BCUT2D eigenvalue weighted by atomic mass is 10.2. The molecule has 0 saturated carbocycles. The quantitative estimate of drug-likeness (QED) is 0.631. The van der Waals surface area contributed by atoms with Crippen LogP contribution in [0, 0.1) is 0 Å². The Morgan fingerprint density at radius 3 is 2.48 bits per heavy atom. The lowest BCUT2D eigenvalue weighted by Gasteiger charge is -2.15. The van der Waals surface area contributed by atoms with E-state index in [0.29, 0.717) is 16.7 Å².